The second-order valence-electron chi connectivity index (χ2n) is 8.77. The molecule has 0 amide bonds. The SMILES string of the molecule is C[C@]12CC[C@H]3[C@@H](C[C@@H]4OC[C@@]35CCC(=O)C=C45)[C@@H]1CC[C@@H]2O. The summed E-state index contributed by atoms with van der Waals surface area (Å²) < 4.78 is 6.18. The number of ether oxygens (including phenoxy) is 1. The molecular weight excluding hydrogens is 276 g/mol. The van der Waals surface area contributed by atoms with Crippen LogP contribution in [0.15, 0.2) is 11.6 Å². The van der Waals surface area contributed by atoms with Gasteiger partial charge in [-0.3, -0.25) is 4.79 Å². The van der Waals surface area contributed by atoms with E-state index < -0.39 is 0 Å². The summed E-state index contributed by atoms with van der Waals surface area (Å²) in [7, 11) is 0. The smallest absolute Gasteiger partial charge is 0.155 e. The maximum Gasteiger partial charge on any atom is 0.155 e. The van der Waals surface area contributed by atoms with Crippen LogP contribution < -0.4 is 0 Å². The van der Waals surface area contributed by atoms with Crippen molar-refractivity contribution in [2.45, 2.75) is 64.1 Å². The number of aliphatic hydroxyl groups is 1. The highest BCUT2D eigenvalue weighted by atomic mass is 16.5. The molecule has 5 aliphatic rings. The standard InChI is InChI=1S/C19H26O3/c1-18-6-5-14-12(13(18)2-3-17(18)21)9-16-15-8-11(20)4-7-19(14,15)10-22-16/h8,12-14,16-17,21H,2-7,9-10H2,1H3/t12-,13-,14-,16-,17-,18-,19-/m0/s1. The van der Waals surface area contributed by atoms with E-state index in [1.807, 2.05) is 6.08 Å². The number of hydrogen-bond acceptors (Lipinski definition) is 3. The Morgan fingerprint density at radius 1 is 1.23 bits per heavy atom. The highest BCUT2D eigenvalue weighted by Crippen LogP contribution is 2.67. The number of aliphatic hydroxyl groups excluding tert-OH is 1. The maximum absolute atomic E-state index is 11.9. The van der Waals surface area contributed by atoms with Crippen molar-refractivity contribution < 1.29 is 14.6 Å². The minimum Gasteiger partial charge on any atom is -0.393 e. The fraction of sp³-hybridized carbons (Fsp3) is 0.842. The van der Waals surface area contributed by atoms with Gasteiger partial charge in [-0.05, 0) is 73.3 Å². The highest BCUT2D eigenvalue weighted by molar-refractivity contribution is 5.92. The minimum absolute atomic E-state index is 0.112. The van der Waals surface area contributed by atoms with Gasteiger partial charge in [0.05, 0.1) is 18.8 Å². The predicted octanol–water partition coefficient (Wildman–Crippen LogP) is 2.87. The van der Waals surface area contributed by atoms with Gasteiger partial charge in [0.15, 0.2) is 5.78 Å². The molecule has 0 radical (unpaired) electrons. The molecule has 22 heavy (non-hydrogen) atoms. The topological polar surface area (TPSA) is 46.5 Å². The molecule has 3 saturated carbocycles. The Balaban J connectivity index is 1.57. The first kappa shape index (κ1) is 13.7. The van der Waals surface area contributed by atoms with Gasteiger partial charge in [-0.2, -0.15) is 0 Å². The summed E-state index contributed by atoms with van der Waals surface area (Å²) in [5.41, 5.74) is 1.63. The van der Waals surface area contributed by atoms with Crippen LogP contribution in [0.4, 0.5) is 0 Å². The molecule has 7 atom stereocenters. The lowest BCUT2D eigenvalue weighted by Crippen LogP contribution is -2.53. The van der Waals surface area contributed by atoms with Crippen LogP contribution in [0.5, 0.6) is 0 Å². The van der Waals surface area contributed by atoms with Gasteiger partial charge in [0, 0.05) is 11.8 Å². The van der Waals surface area contributed by atoms with Crippen LogP contribution in [-0.2, 0) is 9.53 Å². The zero-order chi connectivity index (χ0) is 15.1. The molecule has 0 unspecified atom stereocenters. The Hall–Kier alpha value is -0.670. The van der Waals surface area contributed by atoms with Crippen LogP contribution >= 0.6 is 0 Å². The summed E-state index contributed by atoms with van der Waals surface area (Å²) in [5.74, 6) is 2.32. The Morgan fingerprint density at radius 3 is 2.95 bits per heavy atom. The van der Waals surface area contributed by atoms with Gasteiger partial charge in [-0.15, -0.1) is 0 Å². The van der Waals surface area contributed by atoms with Gasteiger partial charge >= 0.3 is 0 Å². The van der Waals surface area contributed by atoms with Gasteiger partial charge in [0.25, 0.3) is 0 Å². The molecule has 0 aromatic carbocycles. The third kappa shape index (κ3) is 1.48. The van der Waals surface area contributed by atoms with Crippen LogP contribution in [0, 0.1) is 28.6 Å². The summed E-state index contributed by atoms with van der Waals surface area (Å²) >= 11 is 0. The van der Waals surface area contributed by atoms with Crippen LogP contribution in [0.2, 0.25) is 0 Å². The molecule has 1 heterocycles. The zero-order valence-electron chi connectivity index (χ0n) is 13.4. The quantitative estimate of drug-likeness (QED) is 0.748. The van der Waals surface area contributed by atoms with Crippen LogP contribution in [0.3, 0.4) is 0 Å². The number of carbonyl (C=O) groups excluding carboxylic acids is 1. The van der Waals surface area contributed by atoms with Crippen molar-refractivity contribution in [1.82, 2.24) is 0 Å². The molecule has 2 bridgehead atoms. The van der Waals surface area contributed by atoms with E-state index in [4.69, 9.17) is 4.74 Å². The summed E-state index contributed by atoms with van der Waals surface area (Å²) in [5, 5.41) is 10.5. The van der Waals surface area contributed by atoms with Crippen molar-refractivity contribution in [2.24, 2.45) is 28.6 Å². The Morgan fingerprint density at radius 2 is 2.09 bits per heavy atom. The van der Waals surface area contributed by atoms with E-state index in [1.54, 1.807) is 0 Å². The highest BCUT2D eigenvalue weighted by Gasteiger charge is 2.64. The largest absolute Gasteiger partial charge is 0.393 e. The fourth-order valence-electron chi connectivity index (χ4n) is 7.01. The fourth-order valence-corrected chi connectivity index (χ4v) is 7.01. The van der Waals surface area contributed by atoms with E-state index in [1.165, 1.54) is 18.4 Å². The van der Waals surface area contributed by atoms with E-state index in [-0.39, 0.29) is 23.0 Å². The lowest BCUT2D eigenvalue weighted by atomic mass is 9.47. The first-order valence-electron chi connectivity index (χ1n) is 9.09. The molecule has 1 N–H and O–H groups in total. The monoisotopic (exact) mass is 302 g/mol. The molecular formula is C19H26O3. The number of rotatable bonds is 0. The number of carbonyl (C=O) groups is 1. The molecule has 0 aromatic heterocycles. The minimum atomic E-state index is -0.112. The van der Waals surface area contributed by atoms with E-state index in [9.17, 15) is 9.90 Å². The number of fused-ring (bicyclic) bond motifs is 3. The molecule has 4 fully saturated rings. The molecule has 0 aromatic rings. The summed E-state index contributed by atoms with van der Waals surface area (Å²) in [6.07, 6.45) is 9.31. The van der Waals surface area contributed by atoms with Gasteiger partial charge < -0.3 is 9.84 Å². The second kappa shape index (κ2) is 4.24. The van der Waals surface area contributed by atoms with Crippen molar-refractivity contribution in [1.29, 1.82) is 0 Å². The molecule has 5 rings (SSSR count). The van der Waals surface area contributed by atoms with E-state index in [2.05, 4.69) is 6.92 Å². The van der Waals surface area contributed by atoms with Crippen LogP contribution in [0.25, 0.3) is 0 Å². The Kier molecular flexibility index (Phi) is 2.65. The molecule has 4 aliphatic carbocycles. The van der Waals surface area contributed by atoms with Gasteiger partial charge in [-0.25, -0.2) is 0 Å². The van der Waals surface area contributed by atoms with E-state index in [0.29, 0.717) is 30.0 Å². The zero-order valence-corrected chi connectivity index (χ0v) is 13.4. The first-order chi connectivity index (χ1) is 10.5. The Labute approximate surface area is 132 Å². The molecule has 0 spiro atoms. The predicted molar refractivity (Wildman–Crippen MR) is 82.2 cm³/mol. The lowest BCUT2D eigenvalue weighted by Gasteiger charge is -2.56. The molecule has 3 nitrogen and oxygen atoms in total. The van der Waals surface area contributed by atoms with Crippen molar-refractivity contribution in [3.63, 3.8) is 0 Å². The van der Waals surface area contributed by atoms with Crippen molar-refractivity contribution >= 4 is 5.78 Å². The molecule has 120 valence electrons. The third-order valence-corrected chi connectivity index (χ3v) is 8.18. The van der Waals surface area contributed by atoms with E-state index >= 15 is 0 Å². The van der Waals surface area contributed by atoms with Gasteiger partial charge in [0.1, 0.15) is 0 Å². The van der Waals surface area contributed by atoms with Gasteiger partial charge in [0.2, 0.25) is 0 Å². The number of hydrogen-bond donors (Lipinski definition) is 1. The lowest BCUT2D eigenvalue weighted by molar-refractivity contribution is -0.117. The van der Waals surface area contributed by atoms with E-state index in [0.717, 1.165) is 32.3 Å². The van der Waals surface area contributed by atoms with Crippen LogP contribution in [-0.4, -0.2) is 29.7 Å². The Bertz CT molecular complexity index is 567. The number of ketones is 1. The first-order valence-corrected chi connectivity index (χ1v) is 9.09. The molecule has 3 heteroatoms. The second-order valence-corrected chi connectivity index (χ2v) is 8.77. The van der Waals surface area contributed by atoms with Crippen molar-refractivity contribution in [3.8, 4) is 0 Å². The summed E-state index contributed by atoms with van der Waals surface area (Å²) in [6, 6.07) is 0. The normalized spacial score (nSPS) is 56.2. The summed E-state index contributed by atoms with van der Waals surface area (Å²) in [4.78, 5) is 11.9. The summed E-state index contributed by atoms with van der Waals surface area (Å²) in [6.45, 7) is 3.16. The maximum atomic E-state index is 11.9. The van der Waals surface area contributed by atoms with Crippen molar-refractivity contribution in [3.05, 3.63) is 11.6 Å². The average Bonchev–Trinajstić information content (AvgIpc) is 2.94. The average molecular weight is 302 g/mol. The third-order valence-electron chi connectivity index (χ3n) is 8.18. The molecule has 1 saturated heterocycles. The van der Waals surface area contributed by atoms with Crippen molar-refractivity contribution in [2.75, 3.05) is 6.61 Å². The van der Waals surface area contributed by atoms with Gasteiger partial charge in [-0.1, -0.05) is 6.92 Å². The molecule has 1 aliphatic heterocycles. The van der Waals surface area contributed by atoms with Crippen LogP contribution in [0.1, 0.15) is 51.9 Å².